The molecule has 2 saturated heterocycles. The van der Waals surface area contributed by atoms with Gasteiger partial charge in [0.1, 0.15) is 21.8 Å². The van der Waals surface area contributed by atoms with Gasteiger partial charge in [-0.15, -0.1) is 0 Å². The number of anilines is 1. The summed E-state index contributed by atoms with van der Waals surface area (Å²) in [6.07, 6.45) is 1.82. The lowest BCUT2D eigenvalue weighted by molar-refractivity contribution is -0.123. The Hall–Kier alpha value is -2.15. The molecule has 0 radical (unpaired) electrons. The summed E-state index contributed by atoms with van der Waals surface area (Å²) in [5.41, 5.74) is 1.20. The Morgan fingerprint density at radius 3 is 2.37 bits per heavy atom. The van der Waals surface area contributed by atoms with E-state index in [1.165, 1.54) is 11.8 Å². The molecule has 0 saturated carbocycles. The van der Waals surface area contributed by atoms with Crippen LogP contribution in [0, 0.1) is 18.3 Å². The van der Waals surface area contributed by atoms with E-state index in [9.17, 15) is 14.9 Å². The molecular formula is C21H27N5O2S2. The minimum Gasteiger partial charge on any atom is -0.355 e. The van der Waals surface area contributed by atoms with Crippen LogP contribution in [-0.2, 0) is 11.3 Å². The molecular weight excluding hydrogens is 418 g/mol. The van der Waals surface area contributed by atoms with E-state index in [0.29, 0.717) is 21.3 Å². The second-order valence-electron chi connectivity index (χ2n) is 7.83. The van der Waals surface area contributed by atoms with Crippen molar-refractivity contribution < 1.29 is 4.79 Å². The average molecular weight is 446 g/mol. The molecule has 0 unspecified atom stereocenters. The smallest absolute Gasteiger partial charge is 0.270 e. The number of nitrogens with zero attached hydrogens (tertiary/aromatic N) is 5. The first-order valence-electron chi connectivity index (χ1n) is 10.1. The number of thiocarbonyl (C=S) groups is 1. The summed E-state index contributed by atoms with van der Waals surface area (Å²) in [6.45, 7) is 11.3. The predicted octanol–water partition coefficient (Wildman–Crippen LogP) is 2.41. The van der Waals surface area contributed by atoms with Crippen molar-refractivity contribution in [3.05, 3.63) is 31.9 Å². The number of carbonyl (C=O) groups is 1. The van der Waals surface area contributed by atoms with Gasteiger partial charge < -0.3 is 9.80 Å². The van der Waals surface area contributed by atoms with Crippen LogP contribution >= 0.6 is 24.0 Å². The maximum absolute atomic E-state index is 13.0. The van der Waals surface area contributed by atoms with Gasteiger partial charge in [0.05, 0.1) is 4.91 Å². The topological polar surface area (TPSA) is 72.6 Å². The highest BCUT2D eigenvalue weighted by molar-refractivity contribution is 8.26. The summed E-state index contributed by atoms with van der Waals surface area (Å²) >= 11 is 6.69. The van der Waals surface area contributed by atoms with Crippen molar-refractivity contribution in [3.63, 3.8) is 0 Å². The minimum absolute atomic E-state index is 0.0270. The second kappa shape index (κ2) is 8.92. The van der Waals surface area contributed by atoms with Crippen LogP contribution in [0.25, 0.3) is 6.08 Å². The van der Waals surface area contributed by atoms with E-state index in [1.54, 1.807) is 16.4 Å². The molecule has 0 aliphatic carbocycles. The maximum atomic E-state index is 13.0. The molecule has 3 heterocycles. The molecule has 0 bridgehead atoms. The van der Waals surface area contributed by atoms with E-state index in [1.807, 2.05) is 26.8 Å². The van der Waals surface area contributed by atoms with E-state index in [-0.39, 0.29) is 23.1 Å². The molecule has 2 aliphatic rings. The molecule has 160 valence electrons. The van der Waals surface area contributed by atoms with Crippen molar-refractivity contribution in [1.82, 2.24) is 14.4 Å². The summed E-state index contributed by atoms with van der Waals surface area (Å²) in [5, 5.41) is 9.64. The Balaban J connectivity index is 2.23. The molecule has 0 atom stereocenters. The summed E-state index contributed by atoms with van der Waals surface area (Å²) in [6, 6.07) is 2.04. The zero-order valence-corrected chi connectivity index (χ0v) is 19.7. The average Bonchev–Trinajstić information content (AvgIpc) is 2.98. The normalized spacial score (nSPS) is 19.3. The number of rotatable bonds is 4. The third-order valence-corrected chi connectivity index (χ3v) is 6.91. The Morgan fingerprint density at radius 2 is 1.87 bits per heavy atom. The van der Waals surface area contributed by atoms with E-state index in [4.69, 9.17) is 12.2 Å². The number of thioether (sulfide) groups is 1. The molecule has 30 heavy (non-hydrogen) atoms. The van der Waals surface area contributed by atoms with Crippen molar-refractivity contribution in [2.45, 2.75) is 40.3 Å². The van der Waals surface area contributed by atoms with Gasteiger partial charge in [0.25, 0.3) is 11.5 Å². The zero-order chi connectivity index (χ0) is 22.2. The number of pyridine rings is 1. The van der Waals surface area contributed by atoms with Crippen molar-refractivity contribution >= 4 is 46.1 Å². The predicted molar refractivity (Wildman–Crippen MR) is 126 cm³/mol. The van der Waals surface area contributed by atoms with Crippen LogP contribution < -0.4 is 10.5 Å². The highest BCUT2D eigenvalue weighted by Crippen LogP contribution is 2.36. The van der Waals surface area contributed by atoms with Crippen molar-refractivity contribution in [3.8, 4) is 6.07 Å². The third-order valence-electron chi connectivity index (χ3n) is 5.58. The fourth-order valence-electron chi connectivity index (χ4n) is 3.85. The molecule has 0 spiro atoms. The number of aromatic nitrogens is 1. The van der Waals surface area contributed by atoms with Crippen LogP contribution in [0.2, 0.25) is 0 Å². The SMILES string of the molecule is CCn1c(N2CCN(C)CC2)c(C=C2SC(=S)N(C(C)C)C2=O)c(C)c(C#N)c1=O. The van der Waals surface area contributed by atoms with E-state index >= 15 is 0 Å². The van der Waals surface area contributed by atoms with Crippen molar-refractivity contribution in [2.24, 2.45) is 0 Å². The van der Waals surface area contributed by atoms with Crippen LogP contribution in [0.5, 0.6) is 0 Å². The fraction of sp³-hybridized carbons (Fsp3) is 0.524. The highest BCUT2D eigenvalue weighted by Gasteiger charge is 2.35. The van der Waals surface area contributed by atoms with Crippen LogP contribution in [0.4, 0.5) is 5.82 Å². The molecule has 1 aromatic heterocycles. The summed E-state index contributed by atoms with van der Waals surface area (Å²) in [7, 11) is 2.08. The number of nitriles is 1. The van der Waals surface area contributed by atoms with Gasteiger partial charge >= 0.3 is 0 Å². The molecule has 7 nitrogen and oxygen atoms in total. The minimum atomic E-state index is -0.279. The Kier molecular flexibility index (Phi) is 6.70. The molecule has 1 aromatic rings. The number of likely N-dealkylation sites (N-methyl/N-ethyl adjacent to an activating group) is 1. The van der Waals surface area contributed by atoms with Gasteiger partial charge in [-0.05, 0) is 46.4 Å². The van der Waals surface area contributed by atoms with Gasteiger partial charge in [-0.2, -0.15) is 5.26 Å². The highest BCUT2D eigenvalue weighted by atomic mass is 32.2. The maximum Gasteiger partial charge on any atom is 0.270 e. The van der Waals surface area contributed by atoms with Crippen LogP contribution in [0.1, 0.15) is 37.5 Å². The summed E-state index contributed by atoms with van der Waals surface area (Å²) < 4.78 is 2.19. The van der Waals surface area contributed by atoms with E-state index < -0.39 is 0 Å². The van der Waals surface area contributed by atoms with E-state index in [2.05, 4.69) is 22.9 Å². The fourth-order valence-corrected chi connectivity index (χ4v) is 5.36. The van der Waals surface area contributed by atoms with Crippen LogP contribution in [0.3, 0.4) is 0 Å². The van der Waals surface area contributed by atoms with E-state index in [0.717, 1.165) is 37.6 Å². The third kappa shape index (κ3) is 3.92. The standard InChI is InChI=1S/C21H27N5O2S2/c1-6-25-18(24-9-7-23(5)8-10-24)15(14(4)16(12-22)19(25)27)11-17-20(28)26(13(2)3)21(29)30-17/h11,13H,6-10H2,1-5H3. The number of amides is 1. The summed E-state index contributed by atoms with van der Waals surface area (Å²) in [4.78, 5) is 32.6. The van der Waals surface area contributed by atoms with Gasteiger partial charge in [0, 0.05) is 44.3 Å². The number of hydrogen-bond acceptors (Lipinski definition) is 7. The van der Waals surface area contributed by atoms with Gasteiger partial charge in [-0.1, -0.05) is 24.0 Å². The zero-order valence-electron chi connectivity index (χ0n) is 18.1. The van der Waals surface area contributed by atoms with Gasteiger partial charge in [0.2, 0.25) is 0 Å². The monoisotopic (exact) mass is 445 g/mol. The lowest BCUT2D eigenvalue weighted by Gasteiger charge is -2.36. The molecule has 0 aromatic carbocycles. The second-order valence-corrected chi connectivity index (χ2v) is 9.51. The molecule has 9 heteroatoms. The Morgan fingerprint density at radius 1 is 1.23 bits per heavy atom. The van der Waals surface area contributed by atoms with Gasteiger partial charge in [-0.3, -0.25) is 19.1 Å². The first-order chi connectivity index (χ1) is 14.2. The lowest BCUT2D eigenvalue weighted by atomic mass is 10.0. The molecule has 2 fully saturated rings. The number of piperazine rings is 1. The molecule has 1 amide bonds. The van der Waals surface area contributed by atoms with Gasteiger partial charge in [0.15, 0.2) is 0 Å². The first kappa shape index (κ1) is 22.5. The number of carbonyl (C=O) groups excluding carboxylic acids is 1. The molecule has 3 rings (SSSR count). The Labute approximate surface area is 186 Å². The van der Waals surface area contributed by atoms with Crippen molar-refractivity contribution in [1.29, 1.82) is 5.26 Å². The first-order valence-corrected chi connectivity index (χ1v) is 11.3. The lowest BCUT2D eigenvalue weighted by Crippen LogP contribution is -2.47. The Bertz CT molecular complexity index is 1010. The number of hydrogen-bond donors (Lipinski definition) is 0. The van der Waals surface area contributed by atoms with Crippen LogP contribution in [-0.4, -0.2) is 63.9 Å². The van der Waals surface area contributed by atoms with Crippen molar-refractivity contribution in [2.75, 3.05) is 38.1 Å². The quantitative estimate of drug-likeness (QED) is 0.521. The molecule has 0 N–H and O–H groups in total. The largest absolute Gasteiger partial charge is 0.355 e. The summed E-state index contributed by atoms with van der Waals surface area (Å²) in [5.74, 6) is 0.651. The van der Waals surface area contributed by atoms with Gasteiger partial charge in [-0.25, -0.2) is 0 Å². The molecule has 2 aliphatic heterocycles. The van der Waals surface area contributed by atoms with Crippen LogP contribution in [0.15, 0.2) is 9.70 Å².